The number of benzene rings is 2. The van der Waals surface area contributed by atoms with Crippen molar-refractivity contribution in [3.05, 3.63) is 65.0 Å². The summed E-state index contributed by atoms with van der Waals surface area (Å²) in [6, 6.07) is 12.0. The molecule has 0 aliphatic heterocycles. The molecule has 0 saturated carbocycles. The van der Waals surface area contributed by atoms with Crippen molar-refractivity contribution in [3.8, 4) is 5.75 Å². The van der Waals surface area contributed by atoms with Gasteiger partial charge in [0.2, 0.25) is 0 Å². The van der Waals surface area contributed by atoms with Crippen LogP contribution in [0.25, 0.3) is 0 Å². The van der Waals surface area contributed by atoms with Crippen LogP contribution in [0.2, 0.25) is 0 Å². The number of rotatable bonds is 8. The highest BCUT2D eigenvalue weighted by Crippen LogP contribution is 2.12. The minimum absolute atomic E-state index is 0. The summed E-state index contributed by atoms with van der Waals surface area (Å²) in [6.45, 7) is 5.82. The highest BCUT2D eigenvalue weighted by Gasteiger charge is 2.06. The van der Waals surface area contributed by atoms with Gasteiger partial charge in [0.05, 0.1) is 13.7 Å². The first-order valence-corrected chi connectivity index (χ1v) is 9.23. The number of aliphatic imine (C=N–C) groups is 1. The van der Waals surface area contributed by atoms with Crippen molar-refractivity contribution >= 4 is 35.8 Å². The van der Waals surface area contributed by atoms with Gasteiger partial charge in [-0.3, -0.25) is 4.79 Å². The third-order valence-electron chi connectivity index (χ3n) is 4.02. The van der Waals surface area contributed by atoms with Crippen molar-refractivity contribution in [3.63, 3.8) is 0 Å². The molecule has 0 heterocycles. The van der Waals surface area contributed by atoms with Crippen LogP contribution in [0.1, 0.15) is 28.4 Å². The Balaban J connectivity index is 0.00000420. The van der Waals surface area contributed by atoms with Crippen LogP contribution in [0.5, 0.6) is 5.75 Å². The number of ether oxygens (including phenoxy) is 1. The SMILES string of the molecule is CCNC(=NCc1ccc(F)c(C)c1)NCCNC(=O)c1cccc(OC)c1.I. The molecule has 2 aromatic rings. The molecule has 158 valence electrons. The van der Waals surface area contributed by atoms with E-state index in [-0.39, 0.29) is 35.7 Å². The normalized spacial score (nSPS) is 10.7. The van der Waals surface area contributed by atoms with Crippen molar-refractivity contribution in [1.29, 1.82) is 0 Å². The van der Waals surface area contributed by atoms with E-state index in [4.69, 9.17) is 4.74 Å². The smallest absolute Gasteiger partial charge is 0.251 e. The maximum Gasteiger partial charge on any atom is 0.251 e. The van der Waals surface area contributed by atoms with Gasteiger partial charge in [-0.25, -0.2) is 9.38 Å². The van der Waals surface area contributed by atoms with E-state index in [2.05, 4.69) is 20.9 Å². The number of amides is 1. The predicted octanol–water partition coefficient (Wildman–Crippen LogP) is 3.25. The first kappa shape index (κ1) is 24.7. The van der Waals surface area contributed by atoms with Crippen LogP contribution in [0.4, 0.5) is 4.39 Å². The lowest BCUT2D eigenvalue weighted by molar-refractivity contribution is 0.0954. The first-order valence-electron chi connectivity index (χ1n) is 9.23. The summed E-state index contributed by atoms with van der Waals surface area (Å²) in [7, 11) is 1.57. The molecule has 0 unspecified atom stereocenters. The van der Waals surface area contributed by atoms with E-state index in [1.165, 1.54) is 6.07 Å². The lowest BCUT2D eigenvalue weighted by atomic mass is 10.1. The maximum atomic E-state index is 13.4. The van der Waals surface area contributed by atoms with Gasteiger partial charge in [0.1, 0.15) is 11.6 Å². The van der Waals surface area contributed by atoms with Crippen LogP contribution in [-0.2, 0) is 6.54 Å². The van der Waals surface area contributed by atoms with Gasteiger partial charge in [-0.05, 0) is 49.2 Å². The molecule has 0 spiro atoms. The monoisotopic (exact) mass is 514 g/mol. The Kier molecular flexibility index (Phi) is 11.0. The summed E-state index contributed by atoms with van der Waals surface area (Å²) in [6.07, 6.45) is 0. The molecule has 0 aromatic heterocycles. The van der Waals surface area contributed by atoms with Crippen molar-refractivity contribution in [2.75, 3.05) is 26.7 Å². The fourth-order valence-corrected chi connectivity index (χ4v) is 2.54. The summed E-state index contributed by atoms with van der Waals surface area (Å²) in [5.41, 5.74) is 2.08. The Morgan fingerprint density at radius 1 is 1.10 bits per heavy atom. The number of nitrogens with one attached hydrogen (secondary N) is 3. The van der Waals surface area contributed by atoms with Crippen LogP contribution in [0, 0.1) is 12.7 Å². The lowest BCUT2D eigenvalue weighted by Gasteiger charge is -2.12. The average Bonchev–Trinajstić information content (AvgIpc) is 2.71. The predicted molar refractivity (Wildman–Crippen MR) is 125 cm³/mol. The van der Waals surface area contributed by atoms with E-state index < -0.39 is 0 Å². The van der Waals surface area contributed by atoms with Crippen LogP contribution >= 0.6 is 24.0 Å². The van der Waals surface area contributed by atoms with Gasteiger partial charge in [-0.1, -0.05) is 18.2 Å². The van der Waals surface area contributed by atoms with Crippen molar-refractivity contribution in [2.24, 2.45) is 4.99 Å². The molecule has 0 bridgehead atoms. The zero-order chi connectivity index (χ0) is 20.4. The molecular formula is C21H28FIN4O2. The largest absolute Gasteiger partial charge is 0.497 e. The third-order valence-corrected chi connectivity index (χ3v) is 4.02. The lowest BCUT2D eigenvalue weighted by Crippen LogP contribution is -2.41. The summed E-state index contributed by atoms with van der Waals surface area (Å²) in [5, 5.41) is 9.17. The zero-order valence-electron chi connectivity index (χ0n) is 16.9. The van der Waals surface area contributed by atoms with Crippen LogP contribution in [-0.4, -0.2) is 38.6 Å². The fraction of sp³-hybridized carbons (Fsp3) is 0.333. The number of hydrogen-bond acceptors (Lipinski definition) is 3. The summed E-state index contributed by atoms with van der Waals surface area (Å²) in [4.78, 5) is 16.7. The summed E-state index contributed by atoms with van der Waals surface area (Å²) in [5.74, 6) is 0.900. The number of halogens is 2. The van der Waals surface area contributed by atoms with Gasteiger partial charge in [0.25, 0.3) is 5.91 Å². The zero-order valence-corrected chi connectivity index (χ0v) is 19.3. The number of aryl methyl sites for hydroxylation is 1. The van der Waals surface area contributed by atoms with Crippen LogP contribution in [0.15, 0.2) is 47.5 Å². The minimum atomic E-state index is -0.218. The molecule has 0 fully saturated rings. The molecule has 0 saturated heterocycles. The van der Waals surface area contributed by atoms with Crippen molar-refractivity contribution < 1.29 is 13.9 Å². The van der Waals surface area contributed by atoms with Gasteiger partial charge in [-0.2, -0.15) is 0 Å². The molecule has 0 aliphatic carbocycles. The Bertz CT molecular complexity index is 830. The fourth-order valence-electron chi connectivity index (χ4n) is 2.54. The second-order valence-electron chi connectivity index (χ2n) is 6.19. The molecule has 0 radical (unpaired) electrons. The Labute approximate surface area is 188 Å². The van der Waals surface area contributed by atoms with Gasteiger partial charge < -0.3 is 20.7 Å². The van der Waals surface area contributed by atoms with E-state index >= 15 is 0 Å². The molecule has 2 rings (SSSR count). The first-order chi connectivity index (χ1) is 13.5. The second-order valence-corrected chi connectivity index (χ2v) is 6.19. The standard InChI is InChI=1S/C21H27FN4O2.HI/c1-4-23-21(26-14-16-8-9-19(22)15(2)12-16)25-11-10-24-20(27)17-6-5-7-18(13-17)28-3;/h5-9,12-13H,4,10-11,14H2,1-3H3,(H,24,27)(H2,23,25,26);1H. The summed E-state index contributed by atoms with van der Waals surface area (Å²) < 4.78 is 18.5. The number of methoxy groups -OCH3 is 1. The Hall–Kier alpha value is -2.36. The van der Waals surface area contributed by atoms with E-state index in [0.29, 0.717) is 49.0 Å². The molecule has 0 aliphatic rings. The van der Waals surface area contributed by atoms with Crippen LogP contribution in [0.3, 0.4) is 0 Å². The molecular weight excluding hydrogens is 486 g/mol. The molecule has 6 nitrogen and oxygen atoms in total. The van der Waals surface area contributed by atoms with Gasteiger partial charge in [0.15, 0.2) is 5.96 Å². The Morgan fingerprint density at radius 3 is 2.55 bits per heavy atom. The molecule has 29 heavy (non-hydrogen) atoms. The van der Waals surface area contributed by atoms with E-state index in [1.807, 2.05) is 6.92 Å². The van der Waals surface area contributed by atoms with Crippen molar-refractivity contribution in [2.45, 2.75) is 20.4 Å². The minimum Gasteiger partial charge on any atom is -0.497 e. The second kappa shape index (κ2) is 13.0. The number of guanidine groups is 1. The van der Waals surface area contributed by atoms with E-state index in [9.17, 15) is 9.18 Å². The summed E-state index contributed by atoms with van der Waals surface area (Å²) >= 11 is 0. The van der Waals surface area contributed by atoms with E-state index in [1.54, 1.807) is 50.4 Å². The topological polar surface area (TPSA) is 74.8 Å². The van der Waals surface area contributed by atoms with Crippen molar-refractivity contribution in [1.82, 2.24) is 16.0 Å². The number of hydrogen-bond donors (Lipinski definition) is 3. The van der Waals surface area contributed by atoms with Gasteiger partial charge in [0, 0.05) is 25.2 Å². The molecule has 0 atom stereocenters. The van der Waals surface area contributed by atoms with Gasteiger partial charge >= 0.3 is 0 Å². The number of nitrogens with zero attached hydrogens (tertiary/aromatic N) is 1. The number of carbonyl (C=O) groups is 1. The highest BCUT2D eigenvalue weighted by atomic mass is 127. The number of carbonyl (C=O) groups excluding carboxylic acids is 1. The highest BCUT2D eigenvalue weighted by molar-refractivity contribution is 14.0. The average molecular weight is 514 g/mol. The van der Waals surface area contributed by atoms with Crippen LogP contribution < -0.4 is 20.7 Å². The Morgan fingerprint density at radius 2 is 1.86 bits per heavy atom. The third kappa shape index (κ3) is 8.26. The van der Waals surface area contributed by atoms with E-state index in [0.717, 1.165) is 5.56 Å². The quantitative estimate of drug-likeness (QED) is 0.219. The maximum absolute atomic E-state index is 13.4. The molecule has 3 N–H and O–H groups in total. The molecule has 2 aromatic carbocycles. The molecule has 8 heteroatoms. The molecule has 1 amide bonds. The van der Waals surface area contributed by atoms with Gasteiger partial charge in [-0.15, -0.1) is 24.0 Å².